The van der Waals surface area contributed by atoms with Gasteiger partial charge in [-0.3, -0.25) is 4.90 Å². The van der Waals surface area contributed by atoms with E-state index in [1.54, 1.807) is 0 Å². The smallest absolute Gasteiger partial charge is 0.229 e. The van der Waals surface area contributed by atoms with Gasteiger partial charge in [0.05, 0.1) is 6.54 Å². The Morgan fingerprint density at radius 2 is 2.11 bits per heavy atom. The summed E-state index contributed by atoms with van der Waals surface area (Å²) in [5.41, 5.74) is 11.7. The van der Waals surface area contributed by atoms with Crippen LogP contribution in [0.1, 0.15) is 18.7 Å². The third-order valence-electron chi connectivity index (χ3n) is 2.99. The highest BCUT2D eigenvalue weighted by atomic mass is 15.3. The summed E-state index contributed by atoms with van der Waals surface area (Å²) >= 11 is 0. The number of hydrogen-bond donors (Lipinski definition) is 2. The van der Waals surface area contributed by atoms with Gasteiger partial charge in [-0.05, 0) is 19.4 Å². The van der Waals surface area contributed by atoms with Gasteiger partial charge in [0.2, 0.25) is 11.9 Å². The van der Waals surface area contributed by atoms with Crippen molar-refractivity contribution in [3.8, 4) is 0 Å². The molecule has 0 saturated carbocycles. The summed E-state index contributed by atoms with van der Waals surface area (Å²) in [7, 11) is 3.77. The van der Waals surface area contributed by atoms with Crippen LogP contribution in [0.5, 0.6) is 0 Å². The van der Waals surface area contributed by atoms with Crippen LogP contribution in [0, 0.1) is 0 Å². The van der Waals surface area contributed by atoms with E-state index >= 15 is 0 Å². The van der Waals surface area contributed by atoms with Crippen LogP contribution in [0.25, 0.3) is 0 Å². The van der Waals surface area contributed by atoms with Gasteiger partial charge in [0, 0.05) is 26.7 Å². The average Bonchev–Trinajstić information content (AvgIpc) is 2.28. The first-order valence-corrected chi connectivity index (χ1v) is 6.20. The van der Waals surface area contributed by atoms with E-state index in [9.17, 15) is 0 Å². The van der Waals surface area contributed by atoms with Gasteiger partial charge in [-0.25, -0.2) is 0 Å². The monoisotopic (exact) mass is 251 g/mol. The Bertz CT molecular complexity index is 406. The number of anilines is 2. The van der Waals surface area contributed by atoms with Crippen LogP contribution in [0.3, 0.4) is 0 Å². The molecule has 1 aliphatic heterocycles. The van der Waals surface area contributed by atoms with Gasteiger partial charge in [-0.15, -0.1) is 0 Å². The second-order valence-corrected chi connectivity index (χ2v) is 4.94. The predicted octanol–water partition coefficient (Wildman–Crippen LogP) is -0.557. The summed E-state index contributed by atoms with van der Waals surface area (Å²) in [6.07, 6.45) is 2.22. The van der Waals surface area contributed by atoms with Crippen molar-refractivity contribution in [2.75, 3.05) is 37.8 Å². The Labute approximate surface area is 107 Å². The fourth-order valence-corrected chi connectivity index (χ4v) is 2.13. The van der Waals surface area contributed by atoms with Crippen LogP contribution in [-0.2, 0) is 6.54 Å². The van der Waals surface area contributed by atoms with E-state index in [0.29, 0.717) is 18.3 Å². The van der Waals surface area contributed by atoms with Gasteiger partial charge in [0.25, 0.3) is 0 Å². The number of nitrogens with zero attached hydrogens (tertiary/aromatic N) is 5. The lowest BCUT2D eigenvalue weighted by molar-refractivity contribution is 0.197. The van der Waals surface area contributed by atoms with E-state index in [2.05, 4.69) is 19.9 Å². The minimum absolute atomic E-state index is 0.256. The number of piperidine rings is 1. The third-order valence-corrected chi connectivity index (χ3v) is 2.99. The lowest BCUT2D eigenvalue weighted by atomic mass is 10.1. The van der Waals surface area contributed by atoms with E-state index in [-0.39, 0.29) is 12.0 Å². The van der Waals surface area contributed by atoms with Crippen molar-refractivity contribution in [3.63, 3.8) is 0 Å². The minimum Gasteiger partial charge on any atom is -0.368 e. The Morgan fingerprint density at radius 3 is 2.78 bits per heavy atom. The van der Waals surface area contributed by atoms with Crippen molar-refractivity contribution >= 4 is 11.9 Å². The molecule has 0 aromatic carbocycles. The molecular formula is C11H21N7. The van der Waals surface area contributed by atoms with Gasteiger partial charge >= 0.3 is 0 Å². The molecule has 4 N–H and O–H groups in total. The Hall–Kier alpha value is -1.47. The zero-order valence-electron chi connectivity index (χ0n) is 11.0. The van der Waals surface area contributed by atoms with Crippen molar-refractivity contribution in [3.05, 3.63) is 5.82 Å². The summed E-state index contributed by atoms with van der Waals surface area (Å²) in [5.74, 6) is 1.57. The molecule has 1 aromatic heterocycles. The lowest BCUT2D eigenvalue weighted by Crippen LogP contribution is -2.42. The highest BCUT2D eigenvalue weighted by Crippen LogP contribution is 2.12. The lowest BCUT2D eigenvalue weighted by Gasteiger charge is -2.30. The molecule has 1 saturated heterocycles. The number of aromatic nitrogens is 3. The molecule has 2 rings (SSSR count). The molecule has 1 aliphatic rings. The largest absolute Gasteiger partial charge is 0.368 e. The Morgan fingerprint density at radius 1 is 1.33 bits per heavy atom. The van der Waals surface area contributed by atoms with Crippen molar-refractivity contribution in [1.29, 1.82) is 0 Å². The first-order chi connectivity index (χ1) is 8.54. The standard InChI is InChI=1S/C11H21N7/c1-17(2)11-15-9(14-10(13)16-11)7-18-5-3-4-8(12)6-18/h8H,3-7,12H2,1-2H3,(H2,13,14,15,16)/t8-/m1/s1. The van der Waals surface area contributed by atoms with E-state index in [1.807, 2.05) is 19.0 Å². The summed E-state index contributed by atoms with van der Waals surface area (Å²) in [5, 5.41) is 0. The maximum atomic E-state index is 5.96. The highest BCUT2D eigenvalue weighted by Gasteiger charge is 2.18. The summed E-state index contributed by atoms with van der Waals surface area (Å²) < 4.78 is 0. The topological polar surface area (TPSA) is 97.2 Å². The molecule has 1 fully saturated rings. The fraction of sp³-hybridized carbons (Fsp3) is 0.727. The second-order valence-electron chi connectivity index (χ2n) is 4.94. The van der Waals surface area contributed by atoms with Crippen molar-refractivity contribution in [1.82, 2.24) is 19.9 Å². The average molecular weight is 251 g/mol. The first kappa shape index (κ1) is 13.0. The molecule has 7 heteroatoms. The summed E-state index contributed by atoms with van der Waals surface area (Å²) in [6.45, 7) is 2.61. The molecule has 100 valence electrons. The molecule has 0 bridgehead atoms. The van der Waals surface area contributed by atoms with Gasteiger partial charge in [-0.1, -0.05) is 0 Å². The van der Waals surface area contributed by atoms with Crippen LogP contribution >= 0.6 is 0 Å². The zero-order chi connectivity index (χ0) is 13.1. The number of nitrogens with two attached hydrogens (primary N) is 2. The summed E-state index contributed by atoms with van der Waals surface area (Å²) in [6, 6.07) is 0.256. The van der Waals surface area contributed by atoms with E-state index in [0.717, 1.165) is 25.9 Å². The first-order valence-electron chi connectivity index (χ1n) is 6.20. The SMILES string of the molecule is CN(C)c1nc(N)nc(CN2CCC[C@@H](N)C2)n1. The summed E-state index contributed by atoms with van der Waals surface area (Å²) in [4.78, 5) is 16.7. The molecule has 0 amide bonds. The van der Waals surface area contributed by atoms with Gasteiger partial charge in [0.15, 0.2) is 0 Å². The van der Waals surface area contributed by atoms with E-state index in [1.165, 1.54) is 0 Å². The zero-order valence-corrected chi connectivity index (χ0v) is 11.0. The van der Waals surface area contributed by atoms with Crippen molar-refractivity contribution < 1.29 is 0 Å². The molecule has 7 nitrogen and oxygen atoms in total. The third kappa shape index (κ3) is 3.27. The minimum atomic E-state index is 0.256. The maximum absolute atomic E-state index is 5.96. The molecule has 18 heavy (non-hydrogen) atoms. The van der Waals surface area contributed by atoms with Gasteiger partial charge in [-0.2, -0.15) is 15.0 Å². The molecule has 0 unspecified atom stereocenters. The molecule has 0 spiro atoms. The Balaban J connectivity index is 2.08. The Kier molecular flexibility index (Phi) is 3.93. The van der Waals surface area contributed by atoms with Crippen LogP contribution in [-0.4, -0.2) is 53.1 Å². The quantitative estimate of drug-likeness (QED) is 0.743. The predicted molar refractivity (Wildman–Crippen MR) is 71.1 cm³/mol. The molecule has 0 aliphatic carbocycles. The molecule has 1 aromatic rings. The number of rotatable bonds is 3. The second kappa shape index (κ2) is 5.45. The number of hydrogen-bond acceptors (Lipinski definition) is 7. The highest BCUT2D eigenvalue weighted by molar-refractivity contribution is 5.32. The number of likely N-dealkylation sites (tertiary alicyclic amines) is 1. The fourth-order valence-electron chi connectivity index (χ4n) is 2.13. The van der Waals surface area contributed by atoms with Gasteiger partial charge in [0.1, 0.15) is 5.82 Å². The van der Waals surface area contributed by atoms with Crippen molar-refractivity contribution in [2.45, 2.75) is 25.4 Å². The van der Waals surface area contributed by atoms with E-state index in [4.69, 9.17) is 11.5 Å². The van der Waals surface area contributed by atoms with Crippen LogP contribution < -0.4 is 16.4 Å². The maximum Gasteiger partial charge on any atom is 0.229 e. The van der Waals surface area contributed by atoms with Gasteiger partial charge < -0.3 is 16.4 Å². The molecule has 2 heterocycles. The molecule has 1 atom stereocenters. The normalized spacial score (nSPS) is 20.9. The molecular weight excluding hydrogens is 230 g/mol. The molecule has 0 radical (unpaired) electrons. The van der Waals surface area contributed by atoms with Crippen molar-refractivity contribution in [2.24, 2.45) is 5.73 Å². The van der Waals surface area contributed by atoms with Crippen LogP contribution in [0.2, 0.25) is 0 Å². The number of nitrogen functional groups attached to an aromatic ring is 1. The van der Waals surface area contributed by atoms with Crippen LogP contribution in [0.15, 0.2) is 0 Å². The van der Waals surface area contributed by atoms with E-state index < -0.39 is 0 Å². The van der Waals surface area contributed by atoms with Crippen LogP contribution in [0.4, 0.5) is 11.9 Å².